The van der Waals surface area contributed by atoms with Crippen LogP contribution < -0.4 is 10.6 Å². The highest BCUT2D eigenvalue weighted by atomic mass is 16.2. The zero-order valence-corrected chi connectivity index (χ0v) is 19.1. The molecule has 2 aliphatic heterocycles. The Balaban J connectivity index is 1.54. The molecule has 1 aromatic carbocycles. The second-order valence-corrected chi connectivity index (χ2v) is 8.90. The zero-order chi connectivity index (χ0) is 23.4. The zero-order valence-electron chi connectivity index (χ0n) is 19.1. The molecule has 2 N–H and O–H groups in total. The van der Waals surface area contributed by atoms with Crippen LogP contribution in [0.1, 0.15) is 60.7 Å². The fourth-order valence-electron chi connectivity index (χ4n) is 4.70. The number of hydrogen-bond acceptors (Lipinski definition) is 5. The number of nitrogens with two attached hydrogens (primary N) is 1. The molecule has 0 radical (unpaired) electrons. The van der Waals surface area contributed by atoms with Crippen LogP contribution in [-0.2, 0) is 27.2 Å². The van der Waals surface area contributed by atoms with Gasteiger partial charge in [0, 0.05) is 56.1 Å². The molecule has 1 fully saturated rings. The molecule has 33 heavy (non-hydrogen) atoms. The highest BCUT2D eigenvalue weighted by Crippen LogP contribution is 2.32. The number of likely N-dealkylation sites (tertiary alicyclic amines) is 1. The number of rotatable bonds is 7. The Kier molecular flexibility index (Phi) is 7.01. The van der Waals surface area contributed by atoms with Crippen molar-refractivity contribution in [1.29, 1.82) is 0 Å². The van der Waals surface area contributed by atoms with Crippen LogP contribution >= 0.6 is 0 Å². The van der Waals surface area contributed by atoms with Gasteiger partial charge in [0.2, 0.25) is 17.7 Å². The van der Waals surface area contributed by atoms with Crippen LogP contribution in [0.3, 0.4) is 0 Å². The molecule has 0 aliphatic carbocycles. The van der Waals surface area contributed by atoms with Gasteiger partial charge in [-0.2, -0.15) is 0 Å². The molecule has 4 rings (SSSR count). The van der Waals surface area contributed by atoms with Gasteiger partial charge in [-0.25, -0.2) is 9.97 Å². The summed E-state index contributed by atoms with van der Waals surface area (Å²) in [4.78, 5) is 49.7. The Morgan fingerprint density at radius 1 is 1.12 bits per heavy atom. The van der Waals surface area contributed by atoms with Crippen LogP contribution in [0.25, 0.3) is 0 Å². The van der Waals surface area contributed by atoms with Crippen molar-refractivity contribution in [3.63, 3.8) is 0 Å². The van der Waals surface area contributed by atoms with Crippen molar-refractivity contribution in [2.24, 2.45) is 5.73 Å². The minimum atomic E-state index is -0.467. The Morgan fingerprint density at radius 3 is 2.67 bits per heavy atom. The van der Waals surface area contributed by atoms with Gasteiger partial charge in [-0.15, -0.1) is 0 Å². The average Bonchev–Trinajstić information content (AvgIpc) is 2.82. The predicted octanol–water partition coefficient (Wildman–Crippen LogP) is 2.28. The summed E-state index contributed by atoms with van der Waals surface area (Å²) in [6.45, 7) is 3.75. The number of nitrogens with zero attached hydrogens (tertiary/aromatic N) is 4. The van der Waals surface area contributed by atoms with Gasteiger partial charge in [-0.3, -0.25) is 19.3 Å². The Hall–Kier alpha value is -3.29. The summed E-state index contributed by atoms with van der Waals surface area (Å²) in [5.74, 6) is 0.987. The maximum Gasteiger partial charge on any atom is 0.228 e. The summed E-state index contributed by atoms with van der Waals surface area (Å²) in [7, 11) is 0. The molecule has 0 saturated carbocycles. The fraction of sp³-hybridized carbons (Fsp3) is 0.480. The first-order valence-electron chi connectivity index (χ1n) is 11.7. The second-order valence-electron chi connectivity index (χ2n) is 8.90. The van der Waals surface area contributed by atoms with Gasteiger partial charge < -0.3 is 10.6 Å². The van der Waals surface area contributed by atoms with E-state index >= 15 is 0 Å². The monoisotopic (exact) mass is 449 g/mol. The van der Waals surface area contributed by atoms with Crippen molar-refractivity contribution in [2.45, 2.75) is 57.8 Å². The molecule has 1 atom stereocenters. The molecule has 3 amide bonds. The molecule has 1 aromatic heterocycles. The molecular weight excluding hydrogens is 418 g/mol. The third kappa shape index (κ3) is 5.38. The molecule has 2 aromatic rings. The number of benzene rings is 1. The van der Waals surface area contributed by atoms with Crippen molar-refractivity contribution in [2.75, 3.05) is 24.5 Å². The van der Waals surface area contributed by atoms with Crippen molar-refractivity contribution in [1.82, 2.24) is 14.9 Å². The van der Waals surface area contributed by atoms with Gasteiger partial charge in [0.05, 0.1) is 0 Å². The van der Waals surface area contributed by atoms with E-state index < -0.39 is 5.91 Å². The summed E-state index contributed by atoms with van der Waals surface area (Å²) in [6.07, 6.45) is 3.82. The highest BCUT2D eigenvalue weighted by molar-refractivity contribution is 5.95. The van der Waals surface area contributed by atoms with Crippen LogP contribution in [0.2, 0.25) is 0 Å². The van der Waals surface area contributed by atoms with Crippen LogP contribution in [0.4, 0.5) is 5.82 Å². The van der Waals surface area contributed by atoms with Crippen molar-refractivity contribution < 1.29 is 14.4 Å². The van der Waals surface area contributed by atoms with Gasteiger partial charge in [0.25, 0.3) is 0 Å². The highest BCUT2D eigenvalue weighted by Gasteiger charge is 2.31. The number of piperidine rings is 1. The molecule has 8 nitrogen and oxygen atoms in total. The minimum absolute atomic E-state index is 0.00767. The number of carbonyl (C=O) groups is 3. The van der Waals surface area contributed by atoms with Crippen LogP contribution in [0, 0.1) is 6.92 Å². The van der Waals surface area contributed by atoms with Crippen molar-refractivity contribution >= 4 is 23.5 Å². The summed E-state index contributed by atoms with van der Waals surface area (Å²) in [5.41, 5.74) is 8.32. The van der Waals surface area contributed by atoms with E-state index in [9.17, 15) is 14.4 Å². The van der Waals surface area contributed by atoms with Crippen LogP contribution in [0.5, 0.6) is 0 Å². The topological polar surface area (TPSA) is 109 Å². The molecule has 3 heterocycles. The van der Waals surface area contributed by atoms with Gasteiger partial charge >= 0.3 is 0 Å². The first-order chi connectivity index (χ1) is 15.9. The third-order valence-corrected chi connectivity index (χ3v) is 6.55. The van der Waals surface area contributed by atoms with E-state index in [1.807, 2.05) is 30.0 Å². The lowest BCUT2D eigenvalue weighted by atomic mass is 9.95. The summed E-state index contributed by atoms with van der Waals surface area (Å²) >= 11 is 0. The van der Waals surface area contributed by atoms with Crippen LogP contribution in [0.15, 0.2) is 30.3 Å². The quantitative estimate of drug-likeness (QED) is 0.697. The standard InChI is InChI=1S/C25H31N5O3/c1-17-20-9-11-23(33)30(15-13-18-6-3-2-4-7-18)25(20)28-24(27-17)19-8-5-14-29(16-19)22(32)12-10-21(26)31/h2-4,6-7,19H,5,8-16H2,1H3,(H2,26,31)/t19-/m0/s1. The lowest BCUT2D eigenvalue weighted by Crippen LogP contribution is -2.41. The van der Waals surface area contributed by atoms with E-state index in [2.05, 4.69) is 12.1 Å². The van der Waals surface area contributed by atoms with Gasteiger partial charge in [0.15, 0.2) is 0 Å². The number of carbonyl (C=O) groups excluding carboxylic acids is 3. The van der Waals surface area contributed by atoms with E-state index in [4.69, 9.17) is 15.7 Å². The second kappa shape index (κ2) is 10.1. The van der Waals surface area contributed by atoms with E-state index in [1.165, 1.54) is 5.56 Å². The third-order valence-electron chi connectivity index (χ3n) is 6.55. The molecule has 8 heteroatoms. The lowest BCUT2D eigenvalue weighted by Gasteiger charge is -2.34. The number of amides is 3. The summed E-state index contributed by atoms with van der Waals surface area (Å²) in [6, 6.07) is 10.1. The van der Waals surface area contributed by atoms with Crippen molar-refractivity contribution in [3.05, 3.63) is 53.0 Å². The first kappa shape index (κ1) is 22.9. The lowest BCUT2D eigenvalue weighted by molar-refractivity contribution is -0.134. The first-order valence-corrected chi connectivity index (χ1v) is 11.7. The number of hydrogen-bond donors (Lipinski definition) is 1. The minimum Gasteiger partial charge on any atom is -0.370 e. The van der Waals surface area contributed by atoms with Gasteiger partial charge in [-0.1, -0.05) is 30.3 Å². The number of aryl methyl sites for hydroxylation is 1. The van der Waals surface area contributed by atoms with Gasteiger partial charge in [0.1, 0.15) is 11.6 Å². The Labute approximate surface area is 194 Å². The largest absolute Gasteiger partial charge is 0.370 e. The molecule has 1 saturated heterocycles. The summed E-state index contributed by atoms with van der Waals surface area (Å²) in [5, 5.41) is 0. The maximum absolute atomic E-state index is 12.8. The average molecular weight is 450 g/mol. The molecule has 174 valence electrons. The number of anilines is 1. The maximum atomic E-state index is 12.8. The van der Waals surface area contributed by atoms with Gasteiger partial charge in [-0.05, 0) is 38.2 Å². The number of fused-ring (bicyclic) bond motifs is 1. The van der Waals surface area contributed by atoms with E-state index in [1.54, 1.807) is 4.90 Å². The van der Waals surface area contributed by atoms with Crippen molar-refractivity contribution in [3.8, 4) is 0 Å². The predicted molar refractivity (Wildman–Crippen MR) is 125 cm³/mol. The fourth-order valence-corrected chi connectivity index (χ4v) is 4.70. The van der Waals surface area contributed by atoms with E-state index in [0.29, 0.717) is 38.3 Å². The Morgan fingerprint density at radius 2 is 1.91 bits per heavy atom. The van der Waals surface area contributed by atoms with E-state index in [-0.39, 0.29) is 30.6 Å². The Bertz CT molecular complexity index is 1040. The molecule has 2 aliphatic rings. The number of primary amides is 1. The smallest absolute Gasteiger partial charge is 0.228 e. The number of aromatic nitrogens is 2. The van der Waals surface area contributed by atoms with Crippen LogP contribution in [-0.4, -0.2) is 52.2 Å². The molecule has 0 bridgehead atoms. The molecular formula is C25H31N5O3. The molecule has 0 spiro atoms. The SMILES string of the molecule is Cc1nc([C@H]2CCCN(C(=O)CCC(N)=O)C2)nc2c1CCC(=O)N2CCc1ccccc1. The van der Waals surface area contributed by atoms with E-state index in [0.717, 1.165) is 36.3 Å². The molecule has 0 unspecified atom stereocenters. The summed E-state index contributed by atoms with van der Waals surface area (Å²) < 4.78 is 0. The normalized spacial score (nSPS) is 18.2.